The Bertz CT molecular complexity index is 1080. The molecule has 146 valence electrons. The van der Waals surface area contributed by atoms with Gasteiger partial charge in [-0.05, 0) is 37.6 Å². The molecule has 3 rings (SSSR count). The van der Waals surface area contributed by atoms with Crippen LogP contribution < -0.4 is 10.9 Å². The Morgan fingerprint density at radius 3 is 2.71 bits per heavy atom. The summed E-state index contributed by atoms with van der Waals surface area (Å²) < 4.78 is 28.8. The Labute approximate surface area is 164 Å². The van der Waals surface area contributed by atoms with E-state index in [-0.39, 0.29) is 28.5 Å². The van der Waals surface area contributed by atoms with E-state index in [1.54, 1.807) is 24.3 Å². The molecule has 1 unspecified atom stereocenters. The number of para-hydroxylation sites is 1. The molecule has 0 aliphatic rings. The number of aromatic nitrogens is 2. The molecule has 1 amide bonds. The van der Waals surface area contributed by atoms with Crippen molar-refractivity contribution in [3.63, 3.8) is 0 Å². The minimum absolute atomic E-state index is 0.0118. The molecule has 0 radical (unpaired) electrons. The molecule has 8 heteroatoms. The molecule has 1 aromatic heterocycles. The first-order valence-electron chi connectivity index (χ1n) is 8.80. The normalized spacial score (nSPS) is 12.1. The van der Waals surface area contributed by atoms with Gasteiger partial charge in [0, 0.05) is 12.1 Å². The Kier molecular flexibility index (Phi) is 6.08. The van der Waals surface area contributed by atoms with Crippen LogP contribution in [0.15, 0.2) is 52.4 Å². The number of benzene rings is 2. The van der Waals surface area contributed by atoms with E-state index in [0.717, 1.165) is 28.8 Å². The Balaban J connectivity index is 2.07. The second kappa shape index (κ2) is 8.52. The van der Waals surface area contributed by atoms with Gasteiger partial charge in [0.1, 0.15) is 11.6 Å². The number of rotatable bonds is 6. The lowest BCUT2D eigenvalue weighted by atomic mass is 10.2. The SMILES string of the molecule is CCC(C)NC(=O)CSc1nc2ccccc2c(=O)n1-c1ccc(F)cc1F. The Morgan fingerprint density at radius 2 is 2.00 bits per heavy atom. The van der Waals surface area contributed by atoms with Crippen LogP contribution in [0, 0.1) is 11.6 Å². The molecule has 1 atom stereocenters. The van der Waals surface area contributed by atoms with E-state index in [9.17, 15) is 18.4 Å². The molecule has 5 nitrogen and oxygen atoms in total. The van der Waals surface area contributed by atoms with Crippen molar-refractivity contribution in [1.82, 2.24) is 14.9 Å². The molecule has 28 heavy (non-hydrogen) atoms. The van der Waals surface area contributed by atoms with Gasteiger partial charge in [-0.15, -0.1) is 0 Å². The van der Waals surface area contributed by atoms with Crippen LogP contribution >= 0.6 is 11.8 Å². The predicted octanol–water partition coefficient (Wildman–Crippen LogP) is 3.67. The molecule has 0 aliphatic carbocycles. The lowest BCUT2D eigenvalue weighted by Crippen LogP contribution is -2.33. The van der Waals surface area contributed by atoms with Crippen molar-refractivity contribution in [2.45, 2.75) is 31.5 Å². The third-order valence-electron chi connectivity index (χ3n) is 4.25. The maximum absolute atomic E-state index is 14.4. The van der Waals surface area contributed by atoms with Crippen molar-refractivity contribution in [2.75, 3.05) is 5.75 Å². The highest BCUT2D eigenvalue weighted by Gasteiger charge is 2.18. The van der Waals surface area contributed by atoms with Crippen LogP contribution in [-0.2, 0) is 4.79 Å². The number of amides is 1. The number of hydrogen-bond acceptors (Lipinski definition) is 4. The number of fused-ring (bicyclic) bond motifs is 1. The summed E-state index contributed by atoms with van der Waals surface area (Å²) in [6, 6.07) is 9.68. The standard InChI is InChI=1S/C20H19F2N3O2S/c1-3-12(2)23-18(26)11-28-20-24-16-7-5-4-6-14(16)19(27)25(20)17-9-8-13(21)10-15(17)22/h4-10,12H,3,11H2,1-2H3,(H,23,26). The molecule has 0 saturated heterocycles. The van der Waals surface area contributed by atoms with Gasteiger partial charge in [0.2, 0.25) is 5.91 Å². The number of hydrogen-bond donors (Lipinski definition) is 1. The molecule has 3 aromatic rings. The first kappa shape index (κ1) is 20.0. The zero-order chi connectivity index (χ0) is 20.3. The van der Waals surface area contributed by atoms with Crippen LogP contribution in [0.3, 0.4) is 0 Å². The van der Waals surface area contributed by atoms with Crippen LogP contribution in [0.4, 0.5) is 8.78 Å². The zero-order valence-corrected chi connectivity index (χ0v) is 16.2. The molecule has 0 fully saturated rings. The molecular formula is C20H19F2N3O2S. The van der Waals surface area contributed by atoms with Gasteiger partial charge < -0.3 is 5.32 Å². The molecule has 0 aliphatic heterocycles. The number of halogens is 2. The van der Waals surface area contributed by atoms with Crippen LogP contribution in [0.25, 0.3) is 16.6 Å². The van der Waals surface area contributed by atoms with Crippen LogP contribution in [-0.4, -0.2) is 27.3 Å². The van der Waals surface area contributed by atoms with Gasteiger partial charge in [0.25, 0.3) is 5.56 Å². The molecular weight excluding hydrogens is 384 g/mol. The Morgan fingerprint density at radius 1 is 1.25 bits per heavy atom. The minimum Gasteiger partial charge on any atom is -0.353 e. The van der Waals surface area contributed by atoms with E-state index >= 15 is 0 Å². The molecule has 0 bridgehead atoms. The van der Waals surface area contributed by atoms with Crippen molar-refractivity contribution in [2.24, 2.45) is 0 Å². The van der Waals surface area contributed by atoms with E-state index in [1.807, 2.05) is 13.8 Å². The summed E-state index contributed by atoms with van der Waals surface area (Å²) >= 11 is 1.02. The highest BCUT2D eigenvalue weighted by molar-refractivity contribution is 7.99. The zero-order valence-electron chi connectivity index (χ0n) is 15.4. The van der Waals surface area contributed by atoms with Crippen molar-refractivity contribution < 1.29 is 13.6 Å². The van der Waals surface area contributed by atoms with Gasteiger partial charge in [-0.1, -0.05) is 30.8 Å². The fraction of sp³-hybridized carbons (Fsp3) is 0.250. The highest BCUT2D eigenvalue weighted by Crippen LogP contribution is 2.23. The van der Waals surface area contributed by atoms with Gasteiger partial charge in [-0.2, -0.15) is 0 Å². The lowest BCUT2D eigenvalue weighted by molar-refractivity contribution is -0.119. The summed E-state index contributed by atoms with van der Waals surface area (Å²) in [5, 5.41) is 3.30. The summed E-state index contributed by atoms with van der Waals surface area (Å²) in [4.78, 5) is 29.6. The van der Waals surface area contributed by atoms with Crippen molar-refractivity contribution in [3.05, 3.63) is 64.5 Å². The summed E-state index contributed by atoms with van der Waals surface area (Å²) in [6.07, 6.45) is 0.788. The van der Waals surface area contributed by atoms with Gasteiger partial charge in [0.05, 0.1) is 22.3 Å². The molecule has 1 N–H and O–H groups in total. The molecule has 0 spiro atoms. The van der Waals surface area contributed by atoms with E-state index < -0.39 is 17.2 Å². The van der Waals surface area contributed by atoms with Gasteiger partial charge >= 0.3 is 0 Å². The predicted molar refractivity (Wildman–Crippen MR) is 106 cm³/mol. The van der Waals surface area contributed by atoms with Crippen molar-refractivity contribution >= 4 is 28.6 Å². The van der Waals surface area contributed by atoms with E-state index in [1.165, 1.54) is 6.07 Å². The van der Waals surface area contributed by atoms with E-state index in [2.05, 4.69) is 10.3 Å². The first-order valence-corrected chi connectivity index (χ1v) is 9.78. The highest BCUT2D eigenvalue weighted by atomic mass is 32.2. The van der Waals surface area contributed by atoms with Gasteiger partial charge in [0.15, 0.2) is 5.16 Å². The molecule has 1 heterocycles. The number of thioether (sulfide) groups is 1. The monoisotopic (exact) mass is 403 g/mol. The van der Waals surface area contributed by atoms with E-state index in [0.29, 0.717) is 17.0 Å². The fourth-order valence-electron chi connectivity index (χ4n) is 2.63. The number of nitrogens with one attached hydrogen (secondary N) is 1. The maximum Gasteiger partial charge on any atom is 0.266 e. The number of carbonyl (C=O) groups is 1. The number of carbonyl (C=O) groups excluding carboxylic acids is 1. The van der Waals surface area contributed by atoms with E-state index in [4.69, 9.17) is 0 Å². The fourth-order valence-corrected chi connectivity index (χ4v) is 3.45. The smallest absolute Gasteiger partial charge is 0.266 e. The van der Waals surface area contributed by atoms with Crippen LogP contribution in [0.5, 0.6) is 0 Å². The average Bonchev–Trinajstić information content (AvgIpc) is 2.67. The first-order chi connectivity index (χ1) is 13.4. The quantitative estimate of drug-likeness (QED) is 0.504. The largest absolute Gasteiger partial charge is 0.353 e. The van der Waals surface area contributed by atoms with Crippen molar-refractivity contribution in [1.29, 1.82) is 0 Å². The van der Waals surface area contributed by atoms with Crippen LogP contribution in [0.1, 0.15) is 20.3 Å². The maximum atomic E-state index is 14.4. The average molecular weight is 403 g/mol. The third kappa shape index (κ3) is 4.22. The lowest BCUT2D eigenvalue weighted by Gasteiger charge is -2.15. The topological polar surface area (TPSA) is 64.0 Å². The second-order valence-electron chi connectivity index (χ2n) is 6.31. The minimum atomic E-state index is -0.884. The van der Waals surface area contributed by atoms with Gasteiger partial charge in [-0.3, -0.25) is 14.2 Å². The molecule has 2 aromatic carbocycles. The molecule has 0 saturated carbocycles. The summed E-state index contributed by atoms with van der Waals surface area (Å²) in [7, 11) is 0. The third-order valence-corrected chi connectivity index (χ3v) is 5.19. The number of nitrogens with zero attached hydrogens (tertiary/aromatic N) is 2. The summed E-state index contributed by atoms with van der Waals surface area (Å²) in [5.41, 5.74) is -0.161. The summed E-state index contributed by atoms with van der Waals surface area (Å²) in [5.74, 6) is -1.83. The summed E-state index contributed by atoms with van der Waals surface area (Å²) in [6.45, 7) is 3.85. The van der Waals surface area contributed by atoms with Gasteiger partial charge in [-0.25, -0.2) is 13.8 Å². The second-order valence-corrected chi connectivity index (χ2v) is 7.26. The van der Waals surface area contributed by atoms with Crippen LogP contribution in [0.2, 0.25) is 0 Å². The Hall–Kier alpha value is -2.74. The van der Waals surface area contributed by atoms with Crippen molar-refractivity contribution in [3.8, 4) is 5.69 Å².